The lowest BCUT2D eigenvalue weighted by Gasteiger charge is -2.30. The number of hydrogen-bond donors (Lipinski definition) is 1. The van der Waals surface area contributed by atoms with Gasteiger partial charge in [0.25, 0.3) is 0 Å². The van der Waals surface area contributed by atoms with E-state index in [1.54, 1.807) is 44.0 Å². The first kappa shape index (κ1) is 24.3. The number of aliphatic hydroxyl groups is 1. The molecule has 0 spiro atoms. The molecule has 10 heteroatoms. The molecule has 3 aromatic rings. The lowest BCUT2D eigenvalue weighted by atomic mass is 10.1. The molecule has 182 valence electrons. The van der Waals surface area contributed by atoms with Gasteiger partial charge >= 0.3 is 0 Å². The monoisotopic (exact) mass is 488 g/mol. The molecule has 2 heterocycles. The molecular formula is C24H29ClN4O5. The second-order valence-electron chi connectivity index (χ2n) is 8.26. The van der Waals surface area contributed by atoms with Crippen LogP contribution in [0.5, 0.6) is 17.2 Å². The van der Waals surface area contributed by atoms with Crippen LogP contribution in [0, 0.1) is 0 Å². The summed E-state index contributed by atoms with van der Waals surface area (Å²) in [6.07, 6.45) is 3.30. The highest BCUT2D eigenvalue weighted by Crippen LogP contribution is 2.29. The lowest BCUT2D eigenvalue weighted by Crippen LogP contribution is -2.48. The Balaban J connectivity index is 1.34. The Morgan fingerprint density at radius 2 is 1.88 bits per heavy atom. The molecule has 0 radical (unpaired) electrons. The van der Waals surface area contributed by atoms with Crippen molar-refractivity contribution < 1.29 is 24.1 Å². The second-order valence-corrected chi connectivity index (χ2v) is 8.70. The number of halogens is 1. The summed E-state index contributed by atoms with van der Waals surface area (Å²) in [5.74, 6) is 1.98. The molecule has 0 aliphatic carbocycles. The number of ether oxygens (including phenoxy) is 4. The molecule has 2 aromatic carbocycles. The van der Waals surface area contributed by atoms with E-state index in [4.69, 9.17) is 30.5 Å². The molecule has 0 bridgehead atoms. The molecule has 1 fully saturated rings. The number of β-amino-alcohol motifs (C(OH)–C–C–N with tert-alkyl or cyclic N) is 1. The normalized spacial score (nSPS) is 18.9. The smallest absolute Gasteiger partial charge is 0.161 e. The average Bonchev–Trinajstić information content (AvgIpc) is 3.29. The van der Waals surface area contributed by atoms with E-state index in [2.05, 4.69) is 15.1 Å². The predicted molar refractivity (Wildman–Crippen MR) is 127 cm³/mol. The quantitative estimate of drug-likeness (QED) is 0.466. The minimum absolute atomic E-state index is 0.119. The third kappa shape index (κ3) is 6.83. The van der Waals surface area contributed by atoms with Gasteiger partial charge in [0.05, 0.1) is 26.9 Å². The summed E-state index contributed by atoms with van der Waals surface area (Å²) in [6, 6.07) is 12.9. The maximum atomic E-state index is 11.2. The van der Waals surface area contributed by atoms with Crippen molar-refractivity contribution in [3.05, 3.63) is 65.7 Å². The Morgan fingerprint density at radius 3 is 2.65 bits per heavy atom. The van der Waals surface area contributed by atoms with Gasteiger partial charge in [-0.25, -0.2) is 0 Å². The Kier molecular flexibility index (Phi) is 8.23. The zero-order valence-electron chi connectivity index (χ0n) is 19.1. The summed E-state index contributed by atoms with van der Waals surface area (Å²) < 4.78 is 24.8. The number of aromatic nitrogens is 3. The molecule has 0 saturated carbocycles. The van der Waals surface area contributed by atoms with E-state index < -0.39 is 5.60 Å². The lowest BCUT2D eigenvalue weighted by molar-refractivity contribution is -0.0646. The first-order chi connectivity index (χ1) is 16.5. The van der Waals surface area contributed by atoms with Gasteiger partial charge in [0.15, 0.2) is 11.5 Å². The Bertz CT molecular complexity index is 1030. The van der Waals surface area contributed by atoms with Gasteiger partial charge in [-0.2, -0.15) is 0 Å². The molecule has 34 heavy (non-hydrogen) atoms. The van der Waals surface area contributed by atoms with Gasteiger partial charge < -0.3 is 28.6 Å². The van der Waals surface area contributed by atoms with Crippen molar-refractivity contribution in [1.29, 1.82) is 0 Å². The molecule has 1 aromatic heterocycles. The van der Waals surface area contributed by atoms with Gasteiger partial charge in [-0.15, -0.1) is 10.2 Å². The van der Waals surface area contributed by atoms with Gasteiger partial charge in [0.2, 0.25) is 0 Å². The molecule has 4 rings (SSSR count). The topological polar surface area (TPSA) is 91.1 Å². The summed E-state index contributed by atoms with van der Waals surface area (Å²) >= 11 is 5.93. The first-order valence-corrected chi connectivity index (χ1v) is 11.4. The molecule has 9 nitrogen and oxygen atoms in total. The summed E-state index contributed by atoms with van der Waals surface area (Å²) in [5, 5.41) is 19.4. The average molecular weight is 489 g/mol. The fourth-order valence-corrected chi connectivity index (χ4v) is 3.88. The van der Waals surface area contributed by atoms with Crippen LogP contribution in [0.25, 0.3) is 0 Å². The second kappa shape index (κ2) is 11.5. The Morgan fingerprint density at radius 1 is 1.09 bits per heavy atom. The summed E-state index contributed by atoms with van der Waals surface area (Å²) in [5.41, 5.74) is -0.0864. The molecule has 1 aliphatic rings. The van der Waals surface area contributed by atoms with Gasteiger partial charge in [-0.1, -0.05) is 17.7 Å². The highest BCUT2D eigenvalue weighted by atomic mass is 35.5. The SMILES string of the molecule is COc1cc(CN2CCOCC(O)(COc3ccc(Cl)cc3)C2)ccc1OCCn1cnnc1. The molecule has 1 atom stereocenters. The molecule has 1 saturated heterocycles. The van der Waals surface area contributed by atoms with E-state index in [1.807, 2.05) is 22.8 Å². The van der Waals surface area contributed by atoms with Crippen molar-refractivity contribution in [2.45, 2.75) is 18.7 Å². The van der Waals surface area contributed by atoms with Crippen molar-refractivity contribution in [3.8, 4) is 17.2 Å². The zero-order valence-corrected chi connectivity index (χ0v) is 19.9. The molecule has 1 unspecified atom stereocenters. The van der Waals surface area contributed by atoms with Crippen LogP contribution in [0.2, 0.25) is 5.02 Å². The van der Waals surface area contributed by atoms with Crippen LogP contribution in [-0.4, -0.2) is 77.0 Å². The van der Waals surface area contributed by atoms with E-state index in [1.165, 1.54) is 0 Å². The van der Waals surface area contributed by atoms with Gasteiger partial charge in [0, 0.05) is 24.7 Å². The molecule has 0 amide bonds. The van der Waals surface area contributed by atoms with Crippen molar-refractivity contribution in [3.63, 3.8) is 0 Å². The number of hydrogen-bond acceptors (Lipinski definition) is 8. The summed E-state index contributed by atoms with van der Waals surface area (Å²) in [6.45, 7) is 3.71. The van der Waals surface area contributed by atoms with E-state index in [0.29, 0.717) is 61.7 Å². The van der Waals surface area contributed by atoms with E-state index in [9.17, 15) is 5.11 Å². The fourth-order valence-electron chi connectivity index (χ4n) is 3.75. The van der Waals surface area contributed by atoms with Crippen LogP contribution in [0.1, 0.15) is 5.56 Å². The van der Waals surface area contributed by atoms with E-state index >= 15 is 0 Å². The third-order valence-corrected chi connectivity index (χ3v) is 5.72. The summed E-state index contributed by atoms with van der Waals surface area (Å²) in [4.78, 5) is 2.15. The highest BCUT2D eigenvalue weighted by molar-refractivity contribution is 6.30. The standard InChI is InChI=1S/C24H29ClN4O5/c1-31-23-12-19(2-7-22(23)33-11-9-29-17-26-27-18-29)13-28-8-10-32-15-24(30,14-28)16-34-21-5-3-20(25)4-6-21/h2-7,12,17-18,30H,8-11,13-16H2,1H3. The molecular weight excluding hydrogens is 460 g/mol. The Labute approximate surface area is 203 Å². The van der Waals surface area contributed by atoms with Crippen LogP contribution < -0.4 is 14.2 Å². The van der Waals surface area contributed by atoms with Crippen LogP contribution >= 0.6 is 11.6 Å². The number of nitrogens with zero attached hydrogens (tertiary/aromatic N) is 4. The first-order valence-electron chi connectivity index (χ1n) is 11.1. The van der Waals surface area contributed by atoms with Crippen molar-refractivity contribution in [2.75, 3.05) is 46.6 Å². The van der Waals surface area contributed by atoms with Gasteiger partial charge in [-0.3, -0.25) is 4.90 Å². The maximum Gasteiger partial charge on any atom is 0.161 e. The maximum absolute atomic E-state index is 11.2. The third-order valence-electron chi connectivity index (χ3n) is 5.47. The number of benzene rings is 2. The van der Waals surface area contributed by atoms with Gasteiger partial charge in [0.1, 0.15) is 37.2 Å². The highest BCUT2D eigenvalue weighted by Gasteiger charge is 2.33. The van der Waals surface area contributed by atoms with Crippen molar-refractivity contribution >= 4 is 11.6 Å². The van der Waals surface area contributed by atoms with Crippen molar-refractivity contribution in [2.24, 2.45) is 0 Å². The Hall–Kier alpha value is -2.85. The molecule has 1 aliphatic heterocycles. The van der Waals surface area contributed by atoms with E-state index in [0.717, 1.165) is 5.56 Å². The van der Waals surface area contributed by atoms with Gasteiger partial charge in [-0.05, 0) is 42.0 Å². The minimum atomic E-state index is -1.13. The number of methoxy groups -OCH3 is 1. The van der Waals surface area contributed by atoms with Crippen LogP contribution in [0.4, 0.5) is 0 Å². The fraction of sp³-hybridized carbons (Fsp3) is 0.417. The van der Waals surface area contributed by atoms with E-state index in [-0.39, 0.29) is 13.2 Å². The largest absolute Gasteiger partial charge is 0.493 e. The van der Waals surface area contributed by atoms with Crippen LogP contribution in [-0.2, 0) is 17.8 Å². The summed E-state index contributed by atoms with van der Waals surface area (Å²) in [7, 11) is 1.62. The van der Waals surface area contributed by atoms with Crippen molar-refractivity contribution in [1.82, 2.24) is 19.7 Å². The minimum Gasteiger partial charge on any atom is -0.493 e. The predicted octanol–water partition coefficient (Wildman–Crippen LogP) is 2.66. The van der Waals surface area contributed by atoms with Crippen LogP contribution in [0.15, 0.2) is 55.1 Å². The molecule has 1 N–H and O–H groups in total. The van der Waals surface area contributed by atoms with Crippen LogP contribution in [0.3, 0.4) is 0 Å². The number of rotatable bonds is 10. The zero-order chi connectivity index (χ0) is 23.8.